The Morgan fingerprint density at radius 3 is 2.52 bits per heavy atom. The second kappa shape index (κ2) is 9.45. The molecule has 0 radical (unpaired) electrons. The van der Waals surface area contributed by atoms with Crippen molar-refractivity contribution in [3.8, 4) is 17.0 Å². The number of hydrogen-bond acceptors (Lipinski definition) is 7. The van der Waals surface area contributed by atoms with E-state index in [1.807, 2.05) is 50.2 Å². The lowest BCUT2D eigenvalue weighted by atomic mass is 10.1. The molecule has 2 aromatic carbocycles. The predicted molar refractivity (Wildman–Crippen MR) is 127 cm³/mol. The van der Waals surface area contributed by atoms with Crippen molar-refractivity contribution in [3.05, 3.63) is 59.1 Å². The molecule has 1 amide bonds. The Labute approximate surface area is 189 Å². The molecule has 0 aliphatic heterocycles. The molecular formula is C23H22N4O2S2. The molecule has 0 fully saturated rings. The van der Waals surface area contributed by atoms with Crippen LogP contribution in [0, 0.1) is 13.8 Å². The molecule has 0 unspecified atom stereocenters. The van der Waals surface area contributed by atoms with Gasteiger partial charge in [-0.05, 0) is 45.0 Å². The van der Waals surface area contributed by atoms with Gasteiger partial charge in [0.05, 0.1) is 22.1 Å². The second-order valence-corrected chi connectivity index (χ2v) is 9.09. The lowest BCUT2D eigenvalue weighted by molar-refractivity contribution is -0.113. The zero-order chi connectivity index (χ0) is 21.8. The summed E-state index contributed by atoms with van der Waals surface area (Å²) in [5, 5.41) is 13.4. The first-order chi connectivity index (χ1) is 15.0. The number of hydrogen-bond donors (Lipinski definition) is 1. The monoisotopic (exact) mass is 450 g/mol. The normalized spacial score (nSPS) is 10.9. The van der Waals surface area contributed by atoms with E-state index >= 15 is 0 Å². The number of rotatable bonds is 7. The minimum absolute atomic E-state index is 0.112. The number of carbonyl (C=O) groups excluding carboxylic acids is 1. The van der Waals surface area contributed by atoms with E-state index in [2.05, 4.69) is 39.6 Å². The maximum atomic E-state index is 12.4. The van der Waals surface area contributed by atoms with Gasteiger partial charge in [-0.1, -0.05) is 41.6 Å². The van der Waals surface area contributed by atoms with Crippen molar-refractivity contribution in [2.75, 3.05) is 17.7 Å². The number of amides is 1. The molecule has 6 nitrogen and oxygen atoms in total. The summed E-state index contributed by atoms with van der Waals surface area (Å²) in [6.45, 7) is 6.57. The summed E-state index contributed by atoms with van der Waals surface area (Å²) >= 11 is 2.94. The molecule has 0 aliphatic carbocycles. The topological polar surface area (TPSA) is 77.0 Å². The maximum absolute atomic E-state index is 12.4. The molecule has 0 aliphatic rings. The van der Waals surface area contributed by atoms with Gasteiger partial charge in [-0.2, -0.15) is 0 Å². The van der Waals surface area contributed by atoms with Crippen molar-refractivity contribution in [2.24, 2.45) is 0 Å². The van der Waals surface area contributed by atoms with Crippen LogP contribution in [0.15, 0.2) is 53.6 Å². The van der Waals surface area contributed by atoms with Gasteiger partial charge in [-0.25, -0.2) is 4.98 Å². The van der Waals surface area contributed by atoms with Gasteiger partial charge in [-0.3, -0.25) is 4.79 Å². The van der Waals surface area contributed by atoms with Crippen molar-refractivity contribution in [3.63, 3.8) is 0 Å². The van der Waals surface area contributed by atoms with Gasteiger partial charge in [0.15, 0.2) is 0 Å². The average Bonchev–Trinajstić information content (AvgIpc) is 3.16. The van der Waals surface area contributed by atoms with Crippen LogP contribution < -0.4 is 10.1 Å². The number of nitrogens with one attached hydrogen (secondary N) is 1. The summed E-state index contributed by atoms with van der Waals surface area (Å²) in [7, 11) is 0. The molecule has 0 atom stereocenters. The maximum Gasteiger partial charge on any atom is 0.234 e. The fourth-order valence-electron chi connectivity index (χ4n) is 3.05. The van der Waals surface area contributed by atoms with E-state index in [-0.39, 0.29) is 11.7 Å². The number of fused-ring (bicyclic) bond motifs is 1. The van der Waals surface area contributed by atoms with Gasteiger partial charge in [0, 0.05) is 11.3 Å². The van der Waals surface area contributed by atoms with Crippen molar-refractivity contribution >= 4 is 44.9 Å². The van der Waals surface area contributed by atoms with E-state index in [1.54, 1.807) is 11.3 Å². The molecule has 0 spiro atoms. The summed E-state index contributed by atoms with van der Waals surface area (Å²) < 4.78 is 6.41. The number of benzene rings is 2. The third-order valence-electron chi connectivity index (χ3n) is 4.51. The highest BCUT2D eigenvalue weighted by Gasteiger charge is 2.17. The van der Waals surface area contributed by atoms with E-state index in [4.69, 9.17) is 4.74 Å². The molecule has 0 bridgehead atoms. The third kappa shape index (κ3) is 5.03. The molecule has 1 N–H and O–H groups in total. The third-order valence-corrected chi connectivity index (χ3v) is 6.44. The number of aromatic nitrogens is 3. The molecule has 8 heteroatoms. The van der Waals surface area contributed by atoms with Gasteiger partial charge in [0.25, 0.3) is 0 Å². The Morgan fingerprint density at radius 1 is 1.06 bits per heavy atom. The molecule has 0 saturated carbocycles. The van der Waals surface area contributed by atoms with Crippen molar-refractivity contribution in [2.45, 2.75) is 25.8 Å². The highest BCUT2D eigenvalue weighted by atomic mass is 32.2. The van der Waals surface area contributed by atoms with Crippen LogP contribution in [0.2, 0.25) is 0 Å². The van der Waals surface area contributed by atoms with Crippen molar-refractivity contribution in [1.82, 2.24) is 15.2 Å². The number of nitrogens with zero attached hydrogens (tertiary/aromatic N) is 3. The number of ether oxygens (including phenoxy) is 1. The number of thiazole rings is 1. The zero-order valence-electron chi connectivity index (χ0n) is 17.5. The largest absolute Gasteiger partial charge is 0.494 e. The number of aryl methyl sites for hydroxylation is 2. The smallest absolute Gasteiger partial charge is 0.234 e. The van der Waals surface area contributed by atoms with Crippen LogP contribution in [0.4, 0.5) is 5.69 Å². The van der Waals surface area contributed by atoms with E-state index in [9.17, 15) is 4.79 Å². The lowest BCUT2D eigenvalue weighted by Gasteiger charge is -2.08. The highest BCUT2D eigenvalue weighted by Crippen LogP contribution is 2.35. The van der Waals surface area contributed by atoms with Crippen LogP contribution in [0.25, 0.3) is 21.5 Å². The first kappa shape index (κ1) is 21.3. The van der Waals surface area contributed by atoms with E-state index in [0.29, 0.717) is 11.6 Å². The van der Waals surface area contributed by atoms with Crippen molar-refractivity contribution < 1.29 is 9.53 Å². The molecular weight excluding hydrogens is 428 g/mol. The predicted octanol–water partition coefficient (Wildman–Crippen LogP) is 5.50. The molecule has 158 valence electrons. The Bertz CT molecular complexity index is 1200. The molecule has 4 aromatic rings. The van der Waals surface area contributed by atoms with Gasteiger partial charge >= 0.3 is 0 Å². The SMILES string of the molecule is CCOc1ccc(NC(=O)CSc2nnc(-c3ccc(C)cc3)c3sc(C)nc23)cc1. The average molecular weight is 451 g/mol. The Kier molecular flexibility index (Phi) is 6.48. The minimum Gasteiger partial charge on any atom is -0.494 e. The second-order valence-electron chi connectivity index (χ2n) is 6.92. The van der Waals surface area contributed by atoms with Gasteiger partial charge in [-0.15, -0.1) is 21.5 Å². The lowest BCUT2D eigenvalue weighted by Crippen LogP contribution is -2.14. The summed E-state index contributed by atoms with van der Waals surface area (Å²) in [5.41, 5.74) is 4.55. The van der Waals surface area contributed by atoms with Crippen LogP contribution >= 0.6 is 23.1 Å². The molecule has 2 aromatic heterocycles. The molecule has 31 heavy (non-hydrogen) atoms. The number of anilines is 1. The van der Waals surface area contributed by atoms with Crippen LogP contribution in [0.3, 0.4) is 0 Å². The Hall–Kier alpha value is -2.97. The molecule has 2 heterocycles. The van der Waals surface area contributed by atoms with E-state index in [1.165, 1.54) is 17.3 Å². The molecule has 0 saturated heterocycles. The summed E-state index contributed by atoms with van der Waals surface area (Å²) in [5.74, 6) is 0.885. The van der Waals surface area contributed by atoms with Crippen LogP contribution in [0.1, 0.15) is 17.5 Å². The first-order valence-corrected chi connectivity index (χ1v) is 11.7. The standard InChI is InChI=1S/C23H22N4O2S2/c1-4-29-18-11-9-17(10-12-18)25-19(28)13-30-23-21-22(31-15(3)24-21)20(26-27-23)16-7-5-14(2)6-8-16/h5-12H,4,13H2,1-3H3,(H,25,28). The van der Waals surface area contributed by atoms with Crippen LogP contribution in [0.5, 0.6) is 5.75 Å². The van der Waals surface area contributed by atoms with Gasteiger partial charge < -0.3 is 10.1 Å². The number of thioether (sulfide) groups is 1. The zero-order valence-corrected chi connectivity index (χ0v) is 19.1. The summed E-state index contributed by atoms with van der Waals surface area (Å²) in [4.78, 5) is 17.1. The molecule has 4 rings (SSSR count). The van der Waals surface area contributed by atoms with E-state index in [0.717, 1.165) is 37.9 Å². The fraction of sp³-hybridized carbons (Fsp3) is 0.217. The Balaban J connectivity index is 1.49. The minimum atomic E-state index is -0.112. The van der Waals surface area contributed by atoms with Crippen LogP contribution in [-0.4, -0.2) is 33.4 Å². The summed E-state index contributed by atoms with van der Waals surface area (Å²) in [6, 6.07) is 15.5. The van der Waals surface area contributed by atoms with Gasteiger partial charge in [0.1, 0.15) is 22.0 Å². The fourth-order valence-corrected chi connectivity index (χ4v) is 4.76. The van der Waals surface area contributed by atoms with Gasteiger partial charge in [0.2, 0.25) is 5.91 Å². The van der Waals surface area contributed by atoms with Crippen LogP contribution in [-0.2, 0) is 4.79 Å². The highest BCUT2D eigenvalue weighted by molar-refractivity contribution is 8.00. The number of carbonyl (C=O) groups is 1. The van der Waals surface area contributed by atoms with E-state index < -0.39 is 0 Å². The Morgan fingerprint density at radius 2 is 1.81 bits per heavy atom. The quantitative estimate of drug-likeness (QED) is 0.375. The van der Waals surface area contributed by atoms with Crippen molar-refractivity contribution in [1.29, 1.82) is 0 Å². The summed E-state index contributed by atoms with van der Waals surface area (Å²) in [6.07, 6.45) is 0. The first-order valence-electron chi connectivity index (χ1n) is 9.90.